The highest BCUT2D eigenvalue weighted by molar-refractivity contribution is 5.89. The Balaban J connectivity index is 2.72. The highest BCUT2D eigenvalue weighted by Crippen LogP contribution is 2.13. The van der Waals surface area contributed by atoms with Crippen molar-refractivity contribution in [1.29, 1.82) is 0 Å². The van der Waals surface area contributed by atoms with Crippen molar-refractivity contribution < 1.29 is 29.0 Å². The minimum atomic E-state index is -1.10. The highest BCUT2D eigenvalue weighted by Gasteiger charge is 2.30. The topological polar surface area (TPSA) is 114 Å². The maximum Gasteiger partial charge on any atom is 0.408 e. The van der Waals surface area contributed by atoms with Gasteiger partial charge < -0.3 is 25.2 Å². The largest absolute Gasteiger partial charge is 0.497 e. The van der Waals surface area contributed by atoms with E-state index in [9.17, 15) is 19.5 Å². The first-order chi connectivity index (χ1) is 13.7. The summed E-state index contributed by atoms with van der Waals surface area (Å²) in [6, 6.07) is 5.16. The van der Waals surface area contributed by atoms with Crippen LogP contribution in [0.4, 0.5) is 4.79 Å². The van der Waals surface area contributed by atoms with Gasteiger partial charge >= 0.3 is 12.1 Å². The molecule has 3 atom stereocenters. The fourth-order valence-electron chi connectivity index (χ4n) is 2.70. The van der Waals surface area contributed by atoms with Gasteiger partial charge in [-0.3, -0.25) is 4.79 Å². The molecule has 0 spiro atoms. The molecule has 29 heavy (non-hydrogen) atoms. The lowest BCUT2D eigenvalue weighted by atomic mass is 9.97. The van der Waals surface area contributed by atoms with Gasteiger partial charge in [0.1, 0.15) is 24.4 Å². The van der Waals surface area contributed by atoms with E-state index >= 15 is 0 Å². The van der Waals surface area contributed by atoms with Crippen LogP contribution in [-0.2, 0) is 20.9 Å². The van der Waals surface area contributed by atoms with Crippen molar-refractivity contribution in [1.82, 2.24) is 10.6 Å². The molecular weight excluding hydrogens is 376 g/mol. The summed E-state index contributed by atoms with van der Waals surface area (Å²) in [6.45, 7) is 7.49. The van der Waals surface area contributed by atoms with Crippen LogP contribution in [0.3, 0.4) is 0 Å². The number of hydrogen-bond donors (Lipinski definition) is 3. The fraction of sp³-hybridized carbons (Fsp3) is 0.571. The number of carboxylic acids is 1. The molecule has 0 aliphatic carbocycles. The maximum absolute atomic E-state index is 12.7. The molecule has 0 aromatic heterocycles. The normalized spacial score (nSPS) is 13.9. The zero-order chi connectivity index (χ0) is 22.0. The van der Waals surface area contributed by atoms with Gasteiger partial charge in [0.2, 0.25) is 5.91 Å². The van der Waals surface area contributed by atoms with Crippen LogP contribution in [0.1, 0.15) is 46.1 Å². The molecule has 0 unspecified atom stereocenters. The number of carbonyl (C=O) groups is 3. The van der Waals surface area contributed by atoms with Gasteiger partial charge in [0.25, 0.3) is 0 Å². The number of carbonyl (C=O) groups excluding carboxylic acids is 2. The number of benzene rings is 1. The summed E-state index contributed by atoms with van der Waals surface area (Å²) in [7, 11) is 1.56. The first-order valence-corrected chi connectivity index (χ1v) is 9.77. The number of nitrogens with one attached hydrogen (secondary N) is 2. The Morgan fingerprint density at radius 3 is 2.17 bits per heavy atom. The van der Waals surface area contributed by atoms with Crippen molar-refractivity contribution in [2.45, 2.75) is 59.2 Å². The van der Waals surface area contributed by atoms with E-state index in [1.807, 2.05) is 27.7 Å². The third-order valence-electron chi connectivity index (χ3n) is 4.62. The molecule has 1 aromatic carbocycles. The zero-order valence-corrected chi connectivity index (χ0v) is 17.7. The molecule has 8 heteroatoms. The van der Waals surface area contributed by atoms with Crippen LogP contribution in [0, 0.1) is 11.8 Å². The minimum Gasteiger partial charge on any atom is -0.497 e. The van der Waals surface area contributed by atoms with Crippen molar-refractivity contribution in [3.05, 3.63) is 29.8 Å². The van der Waals surface area contributed by atoms with Crippen LogP contribution in [-0.4, -0.2) is 42.3 Å². The monoisotopic (exact) mass is 408 g/mol. The number of alkyl carbamates (subject to hydrolysis) is 1. The standard InChI is InChI=1S/C21H32N2O6/c1-6-14(4)18(19(24)22-17(20(25)26)11-13(2)3)23-21(27)29-12-15-7-9-16(28-5)10-8-15/h7-10,13-14,17-18H,6,11-12H2,1-5H3,(H,22,24)(H,23,27)(H,25,26)/t14-,17-,18-/m0/s1. The van der Waals surface area contributed by atoms with Crippen molar-refractivity contribution >= 4 is 18.0 Å². The molecule has 0 bridgehead atoms. The van der Waals surface area contributed by atoms with E-state index < -0.39 is 30.1 Å². The lowest BCUT2D eigenvalue weighted by Crippen LogP contribution is -2.54. The average molecular weight is 408 g/mol. The Bertz CT molecular complexity index is 674. The van der Waals surface area contributed by atoms with Gasteiger partial charge in [-0.15, -0.1) is 0 Å². The molecule has 162 valence electrons. The molecule has 0 saturated carbocycles. The number of hydrogen-bond acceptors (Lipinski definition) is 5. The molecule has 1 aromatic rings. The van der Waals surface area contributed by atoms with E-state index in [4.69, 9.17) is 9.47 Å². The molecule has 0 saturated heterocycles. The molecular formula is C21H32N2O6. The Kier molecular flexibility index (Phi) is 9.99. The first-order valence-electron chi connectivity index (χ1n) is 9.77. The summed E-state index contributed by atoms with van der Waals surface area (Å²) in [5.74, 6) is -1.04. The summed E-state index contributed by atoms with van der Waals surface area (Å²) in [5.41, 5.74) is 0.772. The van der Waals surface area contributed by atoms with Gasteiger partial charge in [0, 0.05) is 0 Å². The Labute approximate surface area is 172 Å². The second kappa shape index (κ2) is 11.9. The Morgan fingerprint density at radius 1 is 1.07 bits per heavy atom. The molecule has 0 heterocycles. The van der Waals surface area contributed by atoms with E-state index in [0.717, 1.165) is 5.56 Å². The highest BCUT2D eigenvalue weighted by atomic mass is 16.5. The fourth-order valence-corrected chi connectivity index (χ4v) is 2.70. The minimum absolute atomic E-state index is 0.0375. The van der Waals surface area contributed by atoms with Crippen molar-refractivity contribution in [3.8, 4) is 5.75 Å². The molecule has 3 N–H and O–H groups in total. The lowest BCUT2D eigenvalue weighted by molar-refractivity contribution is -0.142. The van der Waals surface area contributed by atoms with E-state index in [1.165, 1.54) is 0 Å². The lowest BCUT2D eigenvalue weighted by Gasteiger charge is -2.25. The first kappa shape index (κ1) is 24.3. The molecule has 2 amide bonds. The molecule has 1 rings (SSSR count). The summed E-state index contributed by atoms with van der Waals surface area (Å²) in [6.07, 6.45) is 0.187. The Hall–Kier alpha value is -2.77. The predicted molar refractivity (Wildman–Crippen MR) is 109 cm³/mol. The number of amides is 2. The third-order valence-corrected chi connectivity index (χ3v) is 4.62. The Morgan fingerprint density at radius 2 is 1.69 bits per heavy atom. The number of aliphatic carboxylic acids is 1. The van der Waals surface area contributed by atoms with E-state index in [2.05, 4.69) is 10.6 Å². The predicted octanol–water partition coefficient (Wildman–Crippen LogP) is 2.95. The van der Waals surface area contributed by atoms with Crippen LogP contribution in [0.15, 0.2) is 24.3 Å². The van der Waals surface area contributed by atoms with Crippen molar-refractivity contribution in [2.75, 3.05) is 7.11 Å². The van der Waals surface area contributed by atoms with Gasteiger partial charge in [-0.2, -0.15) is 0 Å². The second-order valence-electron chi connectivity index (χ2n) is 7.46. The average Bonchev–Trinajstić information content (AvgIpc) is 2.69. The van der Waals surface area contributed by atoms with Crippen LogP contribution >= 0.6 is 0 Å². The summed E-state index contributed by atoms with van der Waals surface area (Å²) >= 11 is 0. The molecule has 0 aliphatic heterocycles. The number of ether oxygens (including phenoxy) is 2. The van der Waals surface area contributed by atoms with Crippen LogP contribution in [0.25, 0.3) is 0 Å². The quantitative estimate of drug-likeness (QED) is 0.519. The number of carboxylic acid groups (broad SMARTS) is 1. The maximum atomic E-state index is 12.7. The smallest absolute Gasteiger partial charge is 0.408 e. The second-order valence-corrected chi connectivity index (χ2v) is 7.46. The van der Waals surface area contributed by atoms with Crippen LogP contribution < -0.4 is 15.4 Å². The molecule has 0 fully saturated rings. The van der Waals surface area contributed by atoms with Gasteiger partial charge in [-0.1, -0.05) is 46.2 Å². The van der Waals surface area contributed by atoms with Crippen molar-refractivity contribution in [2.24, 2.45) is 11.8 Å². The van der Waals surface area contributed by atoms with Gasteiger partial charge in [-0.25, -0.2) is 9.59 Å². The molecule has 0 aliphatic rings. The third kappa shape index (κ3) is 8.41. The van der Waals surface area contributed by atoms with Crippen LogP contribution in [0.5, 0.6) is 5.75 Å². The number of rotatable bonds is 11. The van der Waals surface area contributed by atoms with E-state index in [-0.39, 0.29) is 18.4 Å². The summed E-state index contributed by atoms with van der Waals surface area (Å²) in [5, 5.41) is 14.4. The van der Waals surface area contributed by atoms with E-state index in [1.54, 1.807) is 31.4 Å². The van der Waals surface area contributed by atoms with Crippen molar-refractivity contribution in [3.63, 3.8) is 0 Å². The summed E-state index contributed by atoms with van der Waals surface area (Å²) in [4.78, 5) is 36.3. The van der Waals surface area contributed by atoms with Gasteiger partial charge in [-0.05, 0) is 36.0 Å². The van der Waals surface area contributed by atoms with E-state index in [0.29, 0.717) is 18.6 Å². The molecule has 0 radical (unpaired) electrons. The zero-order valence-electron chi connectivity index (χ0n) is 17.7. The van der Waals surface area contributed by atoms with Gasteiger partial charge in [0.05, 0.1) is 7.11 Å². The van der Waals surface area contributed by atoms with Gasteiger partial charge in [0.15, 0.2) is 0 Å². The SMILES string of the molecule is CC[C@H](C)[C@H](NC(=O)OCc1ccc(OC)cc1)C(=O)N[C@@H](CC(C)C)C(=O)O. The summed E-state index contributed by atoms with van der Waals surface area (Å²) < 4.78 is 10.3. The number of methoxy groups -OCH3 is 1. The van der Waals surface area contributed by atoms with Crippen LogP contribution in [0.2, 0.25) is 0 Å². The molecule has 8 nitrogen and oxygen atoms in total.